The Morgan fingerprint density at radius 1 is 1.56 bits per heavy atom. The molecule has 1 atom stereocenters. The molecule has 4 heteroatoms. The molecule has 0 radical (unpaired) electrons. The molecule has 2 N–H and O–H groups in total. The lowest BCUT2D eigenvalue weighted by atomic mass is 10.1. The lowest BCUT2D eigenvalue weighted by Gasteiger charge is -2.19. The van der Waals surface area contributed by atoms with Crippen molar-refractivity contribution in [3.63, 3.8) is 0 Å². The van der Waals surface area contributed by atoms with E-state index in [0.29, 0.717) is 6.42 Å². The van der Waals surface area contributed by atoms with Crippen LogP contribution < -0.4 is 10.6 Å². The number of hydrogen-bond donors (Lipinski definition) is 1. The van der Waals surface area contributed by atoms with Crippen molar-refractivity contribution in [3.8, 4) is 6.07 Å². The van der Waals surface area contributed by atoms with Crippen LogP contribution in [0.3, 0.4) is 0 Å². The summed E-state index contributed by atoms with van der Waals surface area (Å²) in [5.74, 6) is 0. The first-order valence-electron chi connectivity index (χ1n) is 5.19. The van der Waals surface area contributed by atoms with E-state index in [1.807, 2.05) is 32.2 Å². The van der Waals surface area contributed by atoms with Crippen LogP contribution in [0.2, 0.25) is 0 Å². The molecule has 0 saturated heterocycles. The second-order valence-corrected chi connectivity index (χ2v) is 4.68. The highest BCUT2D eigenvalue weighted by Crippen LogP contribution is 2.26. The Balaban J connectivity index is 2.85. The van der Waals surface area contributed by atoms with Gasteiger partial charge in [-0.25, -0.2) is 0 Å². The summed E-state index contributed by atoms with van der Waals surface area (Å²) in [7, 11) is 1.98. The van der Waals surface area contributed by atoms with Crippen LogP contribution >= 0.6 is 15.9 Å². The number of benzene rings is 1. The molecule has 3 nitrogen and oxygen atoms in total. The summed E-state index contributed by atoms with van der Waals surface area (Å²) in [5, 5.41) is 8.53. The second kappa shape index (κ2) is 5.88. The van der Waals surface area contributed by atoms with Gasteiger partial charge in [-0.15, -0.1) is 0 Å². The molecule has 0 amide bonds. The van der Waals surface area contributed by atoms with Gasteiger partial charge >= 0.3 is 0 Å². The molecule has 0 spiro atoms. The van der Waals surface area contributed by atoms with Crippen molar-refractivity contribution >= 4 is 21.6 Å². The molecule has 1 unspecified atom stereocenters. The van der Waals surface area contributed by atoms with Gasteiger partial charge in [0.15, 0.2) is 0 Å². The number of nitrogens with zero attached hydrogens (tertiary/aromatic N) is 2. The third-order valence-corrected chi connectivity index (χ3v) is 3.16. The van der Waals surface area contributed by atoms with Crippen molar-refractivity contribution in [2.24, 2.45) is 5.73 Å². The summed E-state index contributed by atoms with van der Waals surface area (Å²) in [4.78, 5) is 2.05. The van der Waals surface area contributed by atoms with Crippen molar-refractivity contribution in [1.82, 2.24) is 0 Å². The molecule has 0 aliphatic carbocycles. The molecule has 1 rings (SSSR count). The minimum Gasteiger partial charge on any atom is -0.374 e. The summed E-state index contributed by atoms with van der Waals surface area (Å²) in [6, 6.07) is 8.25. The number of nitrogens with two attached hydrogens (primary N) is 1. The number of hydrogen-bond acceptors (Lipinski definition) is 3. The first kappa shape index (κ1) is 13.0. The van der Waals surface area contributed by atoms with Crippen LogP contribution in [0.1, 0.15) is 24.9 Å². The van der Waals surface area contributed by atoms with E-state index in [-0.39, 0.29) is 6.04 Å². The first-order chi connectivity index (χ1) is 7.56. The van der Waals surface area contributed by atoms with E-state index in [1.54, 1.807) is 0 Å². The van der Waals surface area contributed by atoms with E-state index in [1.165, 1.54) is 0 Å². The Hall–Kier alpha value is -1.05. The predicted molar refractivity (Wildman–Crippen MR) is 70.2 cm³/mol. The molecule has 0 fully saturated rings. The highest BCUT2D eigenvalue weighted by atomic mass is 79.9. The van der Waals surface area contributed by atoms with Gasteiger partial charge in [0.05, 0.1) is 12.5 Å². The Morgan fingerprint density at radius 3 is 2.75 bits per heavy atom. The summed E-state index contributed by atoms with van der Waals surface area (Å²) >= 11 is 3.51. The molecular weight excluding hydrogens is 266 g/mol. The minimum atomic E-state index is 0.0211. The molecule has 0 aliphatic heterocycles. The lowest BCUT2D eigenvalue weighted by Crippen LogP contribution is -2.18. The fraction of sp³-hybridized carbons (Fsp3) is 0.417. The highest BCUT2D eigenvalue weighted by molar-refractivity contribution is 9.10. The van der Waals surface area contributed by atoms with Crippen LogP contribution in [-0.2, 0) is 0 Å². The summed E-state index contributed by atoms with van der Waals surface area (Å²) in [5.41, 5.74) is 8.02. The Bertz CT molecular complexity index is 396. The third-order valence-electron chi connectivity index (χ3n) is 2.47. The number of nitriles is 1. The van der Waals surface area contributed by atoms with E-state index < -0.39 is 0 Å². The van der Waals surface area contributed by atoms with Gasteiger partial charge in [0.1, 0.15) is 0 Å². The highest BCUT2D eigenvalue weighted by Gasteiger charge is 2.07. The molecule has 1 aromatic rings. The second-order valence-electron chi connectivity index (χ2n) is 3.82. The standard InChI is InChI=1S/C12H16BrN3/c1-9(15)11-5-4-10(8-12(11)13)16(2)7-3-6-14/h4-5,8-9H,3,7,15H2,1-2H3. The molecule has 16 heavy (non-hydrogen) atoms. The largest absolute Gasteiger partial charge is 0.374 e. The van der Waals surface area contributed by atoms with Crippen molar-refractivity contribution in [2.75, 3.05) is 18.5 Å². The van der Waals surface area contributed by atoms with Crippen LogP contribution in [0.25, 0.3) is 0 Å². The van der Waals surface area contributed by atoms with E-state index in [4.69, 9.17) is 11.0 Å². The molecule has 0 heterocycles. The van der Waals surface area contributed by atoms with Crippen LogP contribution in [-0.4, -0.2) is 13.6 Å². The van der Waals surface area contributed by atoms with Gasteiger partial charge in [0.25, 0.3) is 0 Å². The molecule has 0 aliphatic rings. The maximum Gasteiger partial charge on any atom is 0.0640 e. The molecule has 86 valence electrons. The van der Waals surface area contributed by atoms with Gasteiger partial charge in [-0.1, -0.05) is 22.0 Å². The molecule has 0 bridgehead atoms. The molecule has 1 aromatic carbocycles. The zero-order valence-corrected chi connectivity index (χ0v) is 11.2. The lowest BCUT2D eigenvalue weighted by molar-refractivity contribution is 0.811. The molecule has 0 aromatic heterocycles. The zero-order chi connectivity index (χ0) is 12.1. The number of anilines is 1. The maximum absolute atomic E-state index is 8.53. The summed E-state index contributed by atoms with van der Waals surface area (Å²) < 4.78 is 1.02. The quantitative estimate of drug-likeness (QED) is 0.923. The van der Waals surface area contributed by atoms with Gasteiger partial charge < -0.3 is 10.6 Å². The van der Waals surface area contributed by atoms with Crippen LogP contribution in [0.4, 0.5) is 5.69 Å². The van der Waals surface area contributed by atoms with Crippen LogP contribution in [0.5, 0.6) is 0 Å². The smallest absolute Gasteiger partial charge is 0.0640 e. The third kappa shape index (κ3) is 3.22. The Labute approximate surface area is 105 Å². The molecule has 0 saturated carbocycles. The molecular formula is C12H16BrN3. The fourth-order valence-electron chi connectivity index (χ4n) is 1.47. The van der Waals surface area contributed by atoms with Gasteiger partial charge in [0.2, 0.25) is 0 Å². The SMILES string of the molecule is CC(N)c1ccc(N(C)CCC#N)cc1Br. The van der Waals surface area contributed by atoms with Crippen molar-refractivity contribution in [1.29, 1.82) is 5.26 Å². The monoisotopic (exact) mass is 281 g/mol. The topological polar surface area (TPSA) is 53.0 Å². The number of rotatable bonds is 4. The summed E-state index contributed by atoms with van der Waals surface area (Å²) in [6.45, 7) is 2.69. The van der Waals surface area contributed by atoms with Gasteiger partial charge in [0, 0.05) is 29.8 Å². The average Bonchev–Trinajstić information content (AvgIpc) is 2.25. The van der Waals surface area contributed by atoms with Crippen LogP contribution in [0, 0.1) is 11.3 Å². The summed E-state index contributed by atoms with van der Waals surface area (Å²) in [6.07, 6.45) is 0.531. The van der Waals surface area contributed by atoms with Crippen molar-refractivity contribution in [3.05, 3.63) is 28.2 Å². The fourth-order valence-corrected chi connectivity index (χ4v) is 2.20. The number of halogens is 1. The minimum absolute atomic E-state index is 0.0211. The van der Waals surface area contributed by atoms with E-state index in [2.05, 4.69) is 26.9 Å². The zero-order valence-electron chi connectivity index (χ0n) is 9.57. The van der Waals surface area contributed by atoms with E-state index in [9.17, 15) is 0 Å². The van der Waals surface area contributed by atoms with Gasteiger partial charge in [-0.2, -0.15) is 5.26 Å². The Kier molecular flexibility index (Phi) is 4.78. The van der Waals surface area contributed by atoms with Crippen LogP contribution in [0.15, 0.2) is 22.7 Å². The van der Waals surface area contributed by atoms with Crippen molar-refractivity contribution in [2.45, 2.75) is 19.4 Å². The Morgan fingerprint density at radius 2 is 2.25 bits per heavy atom. The van der Waals surface area contributed by atoms with E-state index in [0.717, 1.165) is 22.3 Å². The normalized spacial score (nSPS) is 11.9. The first-order valence-corrected chi connectivity index (χ1v) is 5.98. The average molecular weight is 282 g/mol. The van der Waals surface area contributed by atoms with Gasteiger partial charge in [-0.05, 0) is 24.6 Å². The maximum atomic E-state index is 8.53. The van der Waals surface area contributed by atoms with E-state index >= 15 is 0 Å². The predicted octanol–water partition coefficient (Wildman–Crippen LogP) is 2.82. The van der Waals surface area contributed by atoms with Gasteiger partial charge in [-0.3, -0.25) is 0 Å². The van der Waals surface area contributed by atoms with Crippen molar-refractivity contribution < 1.29 is 0 Å².